The van der Waals surface area contributed by atoms with Gasteiger partial charge in [0, 0.05) is 32.4 Å². The summed E-state index contributed by atoms with van der Waals surface area (Å²) in [4.78, 5) is 17.8. The van der Waals surface area contributed by atoms with Crippen molar-refractivity contribution in [1.29, 1.82) is 0 Å². The van der Waals surface area contributed by atoms with Gasteiger partial charge < -0.3 is 9.80 Å². The van der Waals surface area contributed by atoms with E-state index in [1.165, 1.54) is 0 Å². The van der Waals surface area contributed by atoms with E-state index in [-0.39, 0.29) is 0 Å². The average Bonchev–Trinajstić information content (AvgIpc) is 3.38. The van der Waals surface area contributed by atoms with Crippen LogP contribution in [0.2, 0.25) is 0 Å². The molecule has 0 bridgehead atoms. The highest BCUT2D eigenvalue weighted by Crippen LogP contribution is 2.31. The Morgan fingerprint density at radius 2 is 1.77 bits per heavy atom. The fourth-order valence-electron chi connectivity index (χ4n) is 3.05. The van der Waals surface area contributed by atoms with Crippen LogP contribution in [0.1, 0.15) is 0 Å². The number of aromatic nitrogens is 5. The molecule has 26 heavy (non-hydrogen) atoms. The van der Waals surface area contributed by atoms with E-state index in [4.69, 9.17) is 0 Å². The van der Waals surface area contributed by atoms with Crippen molar-refractivity contribution in [3.05, 3.63) is 42.2 Å². The molecule has 0 radical (unpaired) electrons. The van der Waals surface area contributed by atoms with Gasteiger partial charge in [0.25, 0.3) is 0 Å². The first kappa shape index (κ1) is 15.6. The van der Waals surface area contributed by atoms with E-state index in [9.17, 15) is 0 Å². The molecule has 4 aromatic rings. The van der Waals surface area contributed by atoms with Crippen molar-refractivity contribution in [3.63, 3.8) is 0 Å². The molecular formula is C17H15N7S2. The zero-order chi connectivity index (χ0) is 17.3. The van der Waals surface area contributed by atoms with Crippen LogP contribution in [0.15, 0.2) is 42.2 Å². The Morgan fingerprint density at radius 3 is 2.62 bits per heavy atom. The van der Waals surface area contributed by atoms with Crippen LogP contribution in [0, 0.1) is 0 Å². The molecule has 0 amide bonds. The lowest BCUT2D eigenvalue weighted by Crippen LogP contribution is -2.46. The largest absolute Gasteiger partial charge is 0.352 e. The molecule has 1 fully saturated rings. The molecule has 5 heterocycles. The van der Waals surface area contributed by atoms with Crippen LogP contribution in [0.4, 0.5) is 10.9 Å². The smallest absolute Gasteiger partial charge is 0.208 e. The molecule has 9 heteroatoms. The molecule has 130 valence electrons. The van der Waals surface area contributed by atoms with Gasteiger partial charge in [0.05, 0.1) is 10.2 Å². The third-order valence-electron chi connectivity index (χ3n) is 4.37. The number of pyridine rings is 1. The van der Waals surface area contributed by atoms with Crippen LogP contribution in [0.25, 0.3) is 20.9 Å². The van der Waals surface area contributed by atoms with Crippen molar-refractivity contribution < 1.29 is 0 Å². The SMILES string of the molecule is c1ccc(-c2nnc(N3CCN(c4ncnc5ccsc45)CC3)s2)nc1. The Balaban J connectivity index is 1.32. The van der Waals surface area contributed by atoms with E-state index in [0.29, 0.717) is 0 Å². The van der Waals surface area contributed by atoms with Crippen LogP contribution < -0.4 is 9.80 Å². The van der Waals surface area contributed by atoms with Gasteiger partial charge in [-0.05, 0) is 23.6 Å². The molecule has 0 unspecified atom stereocenters. The highest BCUT2D eigenvalue weighted by Gasteiger charge is 2.23. The lowest BCUT2D eigenvalue weighted by atomic mass is 10.3. The molecule has 0 atom stereocenters. The number of fused-ring (bicyclic) bond motifs is 1. The molecule has 1 aliphatic rings. The minimum atomic E-state index is 0.860. The Hall–Kier alpha value is -2.65. The summed E-state index contributed by atoms with van der Waals surface area (Å²) in [5.74, 6) is 1.04. The predicted molar refractivity (Wildman–Crippen MR) is 105 cm³/mol. The Kier molecular flexibility index (Phi) is 3.95. The van der Waals surface area contributed by atoms with Gasteiger partial charge in [-0.1, -0.05) is 17.4 Å². The summed E-state index contributed by atoms with van der Waals surface area (Å²) < 4.78 is 1.16. The number of anilines is 2. The molecule has 0 aliphatic carbocycles. The van der Waals surface area contributed by atoms with E-state index in [2.05, 4.69) is 40.3 Å². The van der Waals surface area contributed by atoms with Crippen molar-refractivity contribution >= 4 is 43.8 Å². The van der Waals surface area contributed by atoms with Crippen LogP contribution >= 0.6 is 22.7 Å². The van der Waals surface area contributed by atoms with Crippen molar-refractivity contribution in [2.24, 2.45) is 0 Å². The third kappa shape index (κ3) is 2.78. The highest BCUT2D eigenvalue weighted by atomic mass is 32.1. The van der Waals surface area contributed by atoms with Gasteiger partial charge in [-0.25, -0.2) is 9.97 Å². The first-order valence-electron chi connectivity index (χ1n) is 8.31. The molecule has 4 aromatic heterocycles. The first-order chi connectivity index (χ1) is 12.9. The van der Waals surface area contributed by atoms with Crippen molar-refractivity contribution in [2.75, 3.05) is 36.0 Å². The van der Waals surface area contributed by atoms with Gasteiger partial charge >= 0.3 is 0 Å². The highest BCUT2D eigenvalue weighted by molar-refractivity contribution is 7.18. The fourth-order valence-corrected chi connectivity index (χ4v) is 4.78. The van der Waals surface area contributed by atoms with Crippen LogP contribution in [-0.4, -0.2) is 51.3 Å². The minimum Gasteiger partial charge on any atom is -0.352 e. The topological polar surface area (TPSA) is 70.9 Å². The van der Waals surface area contributed by atoms with E-state index >= 15 is 0 Å². The second-order valence-corrected chi connectivity index (χ2v) is 7.78. The number of hydrogen-bond acceptors (Lipinski definition) is 9. The normalized spacial score (nSPS) is 14.9. The van der Waals surface area contributed by atoms with Crippen LogP contribution in [-0.2, 0) is 0 Å². The Labute approximate surface area is 158 Å². The van der Waals surface area contributed by atoms with Crippen molar-refractivity contribution in [3.8, 4) is 10.7 Å². The lowest BCUT2D eigenvalue weighted by Gasteiger charge is -2.35. The molecule has 0 aromatic carbocycles. The van der Waals surface area contributed by atoms with E-state index in [1.807, 2.05) is 24.3 Å². The predicted octanol–water partition coefficient (Wildman–Crippen LogP) is 2.93. The Bertz CT molecular complexity index is 1020. The number of nitrogens with zero attached hydrogens (tertiary/aromatic N) is 7. The quantitative estimate of drug-likeness (QED) is 0.540. The molecule has 0 spiro atoms. The summed E-state index contributed by atoms with van der Waals surface area (Å²) in [5, 5.41) is 12.6. The van der Waals surface area contributed by atoms with Gasteiger partial charge in [0.15, 0.2) is 5.01 Å². The summed E-state index contributed by atoms with van der Waals surface area (Å²) in [7, 11) is 0. The summed E-state index contributed by atoms with van der Waals surface area (Å²) in [5.41, 5.74) is 1.89. The second-order valence-electron chi connectivity index (χ2n) is 5.91. The van der Waals surface area contributed by atoms with Gasteiger partial charge in [-0.3, -0.25) is 4.98 Å². The third-order valence-corrected chi connectivity index (χ3v) is 6.28. The van der Waals surface area contributed by atoms with E-state index in [1.54, 1.807) is 35.2 Å². The fraction of sp³-hybridized carbons (Fsp3) is 0.235. The van der Waals surface area contributed by atoms with Gasteiger partial charge in [0.1, 0.15) is 17.8 Å². The number of thiophene rings is 1. The Morgan fingerprint density at radius 1 is 0.885 bits per heavy atom. The lowest BCUT2D eigenvalue weighted by molar-refractivity contribution is 0.645. The molecule has 0 saturated carbocycles. The van der Waals surface area contributed by atoms with Crippen LogP contribution in [0.5, 0.6) is 0 Å². The molecule has 7 nitrogen and oxygen atoms in total. The summed E-state index contributed by atoms with van der Waals surface area (Å²) in [6.45, 7) is 3.60. The summed E-state index contributed by atoms with van der Waals surface area (Å²) in [6.07, 6.45) is 3.43. The number of hydrogen-bond donors (Lipinski definition) is 0. The molecule has 0 N–H and O–H groups in total. The average molecular weight is 381 g/mol. The minimum absolute atomic E-state index is 0.860. The standard InChI is InChI=1S/C17H15N7S2/c1-2-5-18-13(3-1)16-21-22-17(26-16)24-8-6-23(7-9-24)15-14-12(4-10-25-14)19-11-20-15/h1-5,10-11H,6-9H2. The number of rotatable bonds is 3. The van der Waals surface area contributed by atoms with Crippen LogP contribution in [0.3, 0.4) is 0 Å². The molecule has 5 rings (SSSR count). The molecule has 1 aliphatic heterocycles. The van der Waals surface area contributed by atoms with Crippen molar-refractivity contribution in [1.82, 2.24) is 25.1 Å². The first-order valence-corrected chi connectivity index (χ1v) is 10.0. The summed E-state index contributed by atoms with van der Waals surface area (Å²) >= 11 is 3.29. The van der Waals surface area contributed by atoms with E-state index in [0.717, 1.165) is 58.0 Å². The zero-order valence-electron chi connectivity index (χ0n) is 13.8. The van der Waals surface area contributed by atoms with Gasteiger partial charge in [-0.2, -0.15) is 0 Å². The van der Waals surface area contributed by atoms with Gasteiger partial charge in [-0.15, -0.1) is 21.5 Å². The maximum absolute atomic E-state index is 4.52. The molecular weight excluding hydrogens is 366 g/mol. The monoisotopic (exact) mass is 381 g/mol. The second kappa shape index (κ2) is 6.58. The summed E-state index contributed by atoms with van der Waals surface area (Å²) in [6, 6.07) is 7.88. The van der Waals surface area contributed by atoms with E-state index < -0.39 is 0 Å². The zero-order valence-corrected chi connectivity index (χ0v) is 15.4. The maximum Gasteiger partial charge on any atom is 0.208 e. The molecule has 1 saturated heterocycles. The maximum atomic E-state index is 4.52. The van der Waals surface area contributed by atoms with Gasteiger partial charge in [0.2, 0.25) is 5.13 Å². The van der Waals surface area contributed by atoms with Crippen molar-refractivity contribution in [2.45, 2.75) is 0 Å². The number of piperazine rings is 1.